The summed E-state index contributed by atoms with van der Waals surface area (Å²) in [6.45, 7) is 1.49. The number of hydrogen-bond acceptors (Lipinski definition) is 6. The summed E-state index contributed by atoms with van der Waals surface area (Å²) in [5.41, 5.74) is 1.33. The van der Waals surface area contributed by atoms with E-state index < -0.39 is 11.6 Å². The van der Waals surface area contributed by atoms with Gasteiger partial charge >= 0.3 is 0 Å². The normalized spacial score (nSPS) is 10.4. The lowest BCUT2D eigenvalue weighted by molar-refractivity contribution is 0.101. The highest BCUT2D eigenvalue weighted by Crippen LogP contribution is 2.20. The van der Waals surface area contributed by atoms with E-state index in [-0.39, 0.29) is 17.4 Å². The fourth-order valence-electron chi connectivity index (χ4n) is 2.06. The fraction of sp³-hybridized carbons (Fsp3) is 0.0588. The Morgan fingerprint density at radius 2 is 1.80 bits per heavy atom. The summed E-state index contributed by atoms with van der Waals surface area (Å²) in [5, 5.41) is 13.2. The molecule has 8 heteroatoms. The van der Waals surface area contributed by atoms with Gasteiger partial charge in [-0.3, -0.25) is 4.79 Å². The number of Topliss-reactive ketones (excluding diaryl/α,β-unsaturated/α-hetero) is 1. The van der Waals surface area contributed by atoms with Crippen LogP contribution < -0.4 is 10.6 Å². The Kier molecular flexibility index (Phi) is 4.60. The number of nitrogens with zero attached hydrogens (tertiary/aromatic N) is 3. The molecule has 1 heterocycles. The van der Waals surface area contributed by atoms with Gasteiger partial charge < -0.3 is 10.6 Å². The standard InChI is InChI=1S/C17H13F2N5O/c1-10(25)11-2-5-13(6-3-11)21-16-9-20-24-17(23-16)22-15-7-4-12(18)8-14(15)19/h2-9H,1H3,(H2,21,22,23,24). The molecule has 0 aliphatic heterocycles. The Morgan fingerprint density at radius 3 is 2.48 bits per heavy atom. The first-order valence-corrected chi connectivity index (χ1v) is 7.31. The number of benzene rings is 2. The third kappa shape index (κ3) is 4.11. The van der Waals surface area contributed by atoms with E-state index in [0.717, 1.165) is 12.1 Å². The van der Waals surface area contributed by atoms with Gasteiger partial charge in [0, 0.05) is 17.3 Å². The van der Waals surface area contributed by atoms with Crippen LogP contribution in [0.2, 0.25) is 0 Å². The Labute approximate surface area is 141 Å². The molecule has 0 radical (unpaired) electrons. The van der Waals surface area contributed by atoms with Gasteiger partial charge in [0.15, 0.2) is 11.6 Å². The minimum atomic E-state index is -0.762. The third-order valence-corrected chi connectivity index (χ3v) is 3.30. The van der Waals surface area contributed by atoms with E-state index in [1.165, 1.54) is 19.2 Å². The van der Waals surface area contributed by atoms with Crippen molar-refractivity contribution in [3.05, 3.63) is 65.9 Å². The molecule has 1 aromatic heterocycles. The number of carbonyl (C=O) groups is 1. The molecule has 0 amide bonds. The molecule has 0 aliphatic carbocycles. The van der Waals surface area contributed by atoms with Crippen LogP contribution in [0.1, 0.15) is 17.3 Å². The number of anilines is 4. The number of aromatic nitrogens is 3. The fourth-order valence-corrected chi connectivity index (χ4v) is 2.06. The van der Waals surface area contributed by atoms with Crippen molar-refractivity contribution < 1.29 is 13.6 Å². The van der Waals surface area contributed by atoms with Crippen LogP contribution in [0.15, 0.2) is 48.7 Å². The molecule has 3 aromatic rings. The van der Waals surface area contributed by atoms with Crippen LogP contribution in [-0.2, 0) is 0 Å². The van der Waals surface area contributed by atoms with Crippen LogP contribution in [0, 0.1) is 11.6 Å². The quantitative estimate of drug-likeness (QED) is 0.687. The number of nitrogens with one attached hydrogen (secondary N) is 2. The van der Waals surface area contributed by atoms with Crippen molar-refractivity contribution in [1.29, 1.82) is 0 Å². The highest BCUT2D eigenvalue weighted by molar-refractivity contribution is 5.94. The van der Waals surface area contributed by atoms with Crippen LogP contribution in [0.25, 0.3) is 0 Å². The van der Waals surface area contributed by atoms with Gasteiger partial charge in [-0.15, -0.1) is 5.10 Å². The van der Waals surface area contributed by atoms with Gasteiger partial charge in [0.25, 0.3) is 0 Å². The number of hydrogen-bond donors (Lipinski definition) is 2. The third-order valence-electron chi connectivity index (χ3n) is 3.30. The van der Waals surface area contributed by atoms with Crippen molar-refractivity contribution in [2.45, 2.75) is 6.92 Å². The lowest BCUT2D eigenvalue weighted by Gasteiger charge is -2.08. The first kappa shape index (κ1) is 16.4. The maximum absolute atomic E-state index is 13.7. The monoisotopic (exact) mass is 341 g/mol. The molecule has 0 saturated heterocycles. The topological polar surface area (TPSA) is 79.8 Å². The summed E-state index contributed by atoms with van der Waals surface area (Å²) in [6, 6.07) is 9.95. The summed E-state index contributed by atoms with van der Waals surface area (Å²) in [4.78, 5) is 15.4. The molecule has 0 atom stereocenters. The molecular formula is C17H13F2N5O. The molecule has 126 valence electrons. The molecule has 2 aromatic carbocycles. The molecule has 0 aliphatic rings. The van der Waals surface area contributed by atoms with Crippen LogP contribution in [0.5, 0.6) is 0 Å². The van der Waals surface area contributed by atoms with E-state index in [2.05, 4.69) is 25.8 Å². The van der Waals surface area contributed by atoms with Gasteiger partial charge in [0.2, 0.25) is 5.95 Å². The second-order valence-electron chi connectivity index (χ2n) is 5.17. The van der Waals surface area contributed by atoms with E-state index in [4.69, 9.17) is 0 Å². The average Bonchev–Trinajstić information content (AvgIpc) is 2.58. The summed E-state index contributed by atoms with van der Waals surface area (Å²) >= 11 is 0. The van der Waals surface area contributed by atoms with Gasteiger partial charge in [-0.25, -0.2) is 8.78 Å². The largest absolute Gasteiger partial charge is 0.339 e. The molecule has 6 nitrogen and oxygen atoms in total. The first-order valence-electron chi connectivity index (χ1n) is 7.31. The molecule has 0 unspecified atom stereocenters. The van der Waals surface area contributed by atoms with E-state index in [9.17, 15) is 13.6 Å². The van der Waals surface area contributed by atoms with Crippen molar-refractivity contribution in [3.63, 3.8) is 0 Å². The molecule has 0 bridgehead atoms. The van der Waals surface area contributed by atoms with E-state index in [1.54, 1.807) is 24.3 Å². The predicted octanol–water partition coefficient (Wildman–Crippen LogP) is 3.84. The molecule has 2 N–H and O–H groups in total. The Morgan fingerprint density at radius 1 is 1.04 bits per heavy atom. The zero-order valence-corrected chi connectivity index (χ0v) is 13.1. The lowest BCUT2D eigenvalue weighted by atomic mass is 10.1. The van der Waals surface area contributed by atoms with Crippen molar-refractivity contribution in [2.75, 3.05) is 10.6 Å². The molecule has 3 rings (SSSR count). The average molecular weight is 341 g/mol. The smallest absolute Gasteiger partial charge is 0.249 e. The zero-order valence-electron chi connectivity index (χ0n) is 13.1. The van der Waals surface area contributed by atoms with Gasteiger partial charge in [0.1, 0.15) is 11.6 Å². The minimum absolute atomic E-state index is 0.0249. The number of halogens is 2. The van der Waals surface area contributed by atoms with Crippen LogP contribution in [0.3, 0.4) is 0 Å². The van der Waals surface area contributed by atoms with Gasteiger partial charge in [-0.1, -0.05) is 0 Å². The number of rotatable bonds is 5. The lowest BCUT2D eigenvalue weighted by Crippen LogP contribution is -2.03. The molecule has 0 spiro atoms. The molecule has 25 heavy (non-hydrogen) atoms. The summed E-state index contributed by atoms with van der Waals surface area (Å²) < 4.78 is 26.6. The zero-order chi connectivity index (χ0) is 17.8. The van der Waals surface area contributed by atoms with Crippen molar-refractivity contribution >= 4 is 28.9 Å². The highest BCUT2D eigenvalue weighted by Gasteiger charge is 2.07. The predicted molar refractivity (Wildman–Crippen MR) is 89.2 cm³/mol. The van der Waals surface area contributed by atoms with Gasteiger partial charge in [-0.2, -0.15) is 10.1 Å². The summed E-state index contributed by atoms with van der Waals surface area (Å²) in [6.07, 6.45) is 1.39. The second kappa shape index (κ2) is 7.00. The molecule has 0 saturated carbocycles. The maximum Gasteiger partial charge on any atom is 0.249 e. The molecular weight excluding hydrogens is 328 g/mol. The minimum Gasteiger partial charge on any atom is -0.339 e. The van der Waals surface area contributed by atoms with Gasteiger partial charge in [-0.05, 0) is 43.3 Å². The van der Waals surface area contributed by atoms with E-state index in [0.29, 0.717) is 17.1 Å². The maximum atomic E-state index is 13.7. The Hall–Kier alpha value is -3.42. The summed E-state index contributed by atoms with van der Waals surface area (Å²) in [7, 11) is 0. The number of carbonyl (C=O) groups excluding carboxylic acids is 1. The van der Waals surface area contributed by atoms with E-state index >= 15 is 0 Å². The summed E-state index contributed by atoms with van der Waals surface area (Å²) in [5.74, 6) is -1.04. The van der Waals surface area contributed by atoms with Crippen molar-refractivity contribution in [3.8, 4) is 0 Å². The Balaban J connectivity index is 1.76. The first-order chi connectivity index (χ1) is 12.0. The van der Waals surface area contributed by atoms with Gasteiger partial charge in [0.05, 0.1) is 11.9 Å². The van der Waals surface area contributed by atoms with Crippen LogP contribution in [-0.4, -0.2) is 21.0 Å². The van der Waals surface area contributed by atoms with Crippen molar-refractivity contribution in [2.24, 2.45) is 0 Å². The number of ketones is 1. The molecule has 0 fully saturated rings. The highest BCUT2D eigenvalue weighted by atomic mass is 19.1. The Bertz CT molecular complexity index is 915. The van der Waals surface area contributed by atoms with Crippen LogP contribution >= 0.6 is 0 Å². The SMILES string of the molecule is CC(=O)c1ccc(Nc2cnnc(Nc3ccc(F)cc3F)n2)cc1. The van der Waals surface area contributed by atoms with E-state index in [1.807, 2.05) is 0 Å². The van der Waals surface area contributed by atoms with Crippen LogP contribution in [0.4, 0.5) is 31.9 Å². The second-order valence-corrected chi connectivity index (χ2v) is 5.17. The van der Waals surface area contributed by atoms with Crippen molar-refractivity contribution in [1.82, 2.24) is 15.2 Å².